The summed E-state index contributed by atoms with van der Waals surface area (Å²) in [6.07, 6.45) is 0.108. The van der Waals surface area contributed by atoms with E-state index in [2.05, 4.69) is 26.1 Å². The Kier molecular flexibility index (Phi) is 7.31. The molecule has 2 amide bonds. The van der Waals surface area contributed by atoms with E-state index in [1.54, 1.807) is 16.8 Å². The van der Waals surface area contributed by atoms with E-state index in [0.717, 1.165) is 16.9 Å². The van der Waals surface area contributed by atoms with Crippen molar-refractivity contribution in [2.45, 2.75) is 46.5 Å². The first kappa shape index (κ1) is 24.2. The summed E-state index contributed by atoms with van der Waals surface area (Å²) in [4.78, 5) is 27.1. The average Bonchev–Trinajstić information content (AvgIpc) is 3.18. The van der Waals surface area contributed by atoms with Crippen LogP contribution in [0, 0.1) is 12.7 Å². The fourth-order valence-corrected chi connectivity index (χ4v) is 3.34. The van der Waals surface area contributed by atoms with Crippen LogP contribution >= 0.6 is 0 Å². The molecule has 2 aromatic carbocycles. The molecule has 1 N–H and O–H groups in total. The maximum Gasteiger partial charge on any atom is 0.245 e. The molecule has 0 atom stereocenters. The number of benzene rings is 2. The molecular weight excluding hydrogens is 419 g/mol. The number of likely N-dealkylation sites (N-methyl/N-ethyl adjacent to an activating group) is 1. The molecular formula is C26H31FN4O2. The van der Waals surface area contributed by atoms with Gasteiger partial charge in [0.05, 0.1) is 24.3 Å². The number of rotatable bonds is 7. The summed E-state index contributed by atoms with van der Waals surface area (Å²) in [6.45, 7) is 10.3. The van der Waals surface area contributed by atoms with Crippen LogP contribution in [0.15, 0.2) is 54.6 Å². The normalized spacial score (nSPS) is 11.3. The molecule has 1 aromatic heterocycles. The number of carbonyl (C=O) groups excluding carboxylic acids is 2. The third-order valence-corrected chi connectivity index (χ3v) is 5.36. The van der Waals surface area contributed by atoms with Crippen LogP contribution in [0.2, 0.25) is 0 Å². The van der Waals surface area contributed by atoms with Gasteiger partial charge in [-0.25, -0.2) is 9.07 Å². The lowest BCUT2D eigenvalue weighted by Gasteiger charge is -2.20. The predicted molar refractivity (Wildman–Crippen MR) is 128 cm³/mol. The monoisotopic (exact) mass is 450 g/mol. The van der Waals surface area contributed by atoms with Crippen LogP contribution in [0.5, 0.6) is 0 Å². The zero-order valence-electron chi connectivity index (χ0n) is 19.9. The predicted octanol–water partition coefficient (Wildman–Crippen LogP) is 4.65. The van der Waals surface area contributed by atoms with Crippen LogP contribution < -0.4 is 5.32 Å². The molecule has 3 rings (SSSR count). The summed E-state index contributed by atoms with van der Waals surface area (Å²) in [5, 5.41) is 7.65. The van der Waals surface area contributed by atoms with Gasteiger partial charge in [-0.15, -0.1) is 0 Å². The van der Waals surface area contributed by atoms with E-state index in [1.165, 1.54) is 17.0 Å². The lowest BCUT2D eigenvalue weighted by Crippen LogP contribution is -2.39. The van der Waals surface area contributed by atoms with Crippen LogP contribution in [-0.4, -0.2) is 39.6 Å². The van der Waals surface area contributed by atoms with Gasteiger partial charge in [0.1, 0.15) is 11.6 Å². The SMILES string of the molecule is CCN(CC(=O)Nc1cc(C(C)(C)C)nn1-c1ccc(C)cc1)C(=O)Cc1ccc(F)cc1. The molecule has 0 unspecified atom stereocenters. The number of nitrogens with zero attached hydrogens (tertiary/aromatic N) is 3. The number of nitrogens with one attached hydrogen (secondary N) is 1. The van der Waals surface area contributed by atoms with Gasteiger partial charge in [0.2, 0.25) is 11.8 Å². The Morgan fingerprint density at radius 2 is 1.70 bits per heavy atom. The van der Waals surface area contributed by atoms with E-state index < -0.39 is 0 Å². The molecule has 3 aromatic rings. The Balaban J connectivity index is 1.76. The van der Waals surface area contributed by atoms with Gasteiger partial charge < -0.3 is 10.2 Å². The van der Waals surface area contributed by atoms with Gasteiger partial charge in [-0.2, -0.15) is 5.10 Å². The zero-order chi connectivity index (χ0) is 24.2. The second-order valence-corrected chi connectivity index (χ2v) is 9.17. The molecule has 33 heavy (non-hydrogen) atoms. The number of aromatic nitrogens is 2. The summed E-state index contributed by atoms with van der Waals surface area (Å²) < 4.78 is 14.8. The quantitative estimate of drug-likeness (QED) is 0.570. The van der Waals surface area contributed by atoms with Crippen LogP contribution in [0.3, 0.4) is 0 Å². The average molecular weight is 451 g/mol. The third kappa shape index (κ3) is 6.28. The Morgan fingerprint density at radius 1 is 1.06 bits per heavy atom. The van der Waals surface area contributed by atoms with Crippen LogP contribution in [0.1, 0.15) is 44.5 Å². The van der Waals surface area contributed by atoms with E-state index in [4.69, 9.17) is 5.10 Å². The number of amides is 2. The maximum absolute atomic E-state index is 13.1. The van der Waals surface area contributed by atoms with Crippen LogP contribution in [0.4, 0.5) is 10.2 Å². The second-order valence-electron chi connectivity index (χ2n) is 9.17. The number of hydrogen-bond donors (Lipinski definition) is 1. The minimum absolute atomic E-state index is 0.0829. The van der Waals surface area contributed by atoms with Gasteiger partial charge in [-0.05, 0) is 43.7 Å². The Hall–Kier alpha value is -3.48. The van der Waals surface area contributed by atoms with E-state index in [9.17, 15) is 14.0 Å². The number of halogens is 1. The largest absolute Gasteiger partial charge is 0.333 e. The topological polar surface area (TPSA) is 67.2 Å². The molecule has 174 valence electrons. The highest BCUT2D eigenvalue weighted by molar-refractivity contribution is 5.94. The lowest BCUT2D eigenvalue weighted by atomic mass is 9.92. The van der Waals surface area contributed by atoms with Gasteiger partial charge in [0, 0.05) is 18.0 Å². The molecule has 0 saturated carbocycles. The smallest absolute Gasteiger partial charge is 0.245 e. The molecule has 0 aliphatic rings. The van der Waals surface area contributed by atoms with Gasteiger partial charge in [0.25, 0.3) is 0 Å². The van der Waals surface area contributed by atoms with Crippen molar-refractivity contribution in [3.05, 3.63) is 77.2 Å². The molecule has 0 aliphatic heterocycles. The minimum atomic E-state index is -0.349. The van der Waals surface area contributed by atoms with Crippen LogP contribution in [0.25, 0.3) is 5.69 Å². The van der Waals surface area contributed by atoms with Crippen molar-refractivity contribution < 1.29 is 14.0 Å². The molecule has 0 aliphatic carbocycles. The summed E-state index contributed by atoms with van der Waals surface area (Å²) in [5.41, 5.74) is 3.32. The summed E-state index contributed by atoms with van der Waals surface area (Å²) in [5.74, 6) is -0.298. The first-order valence-corrected chi connectivity index (χ1v) is 11.1. The van der Waals surface area contributed by atoms with E-state index in [-0.39, 0.29) is 36.0 Å². The standard InChI is InChI=1S/C26H31FN4O2/c1-6-30(25(33)15-19-9-11-20(27)12-10-19)17-24(32)28-23-16-22(26(3,4)5)29-31(23)21-13-7-18(2)8-14-21/h7-14,16H,6,15,17H2,1-5H3,(H,28,32). The van der Waals surface area contributed by atoms with Crippen molar-refractivity contribution >= 4 is 17.6 Å². The highest BCUT2D eigenvalue weighted by Gasteiger charge is 2.23. The second kappa shape index (κ2) is 9.98. The molecule has 0 spiro atoms. The first-order valence-electron chi connectivity index (χ1n) is 11.1. The van der Waals surface area contributed by atoms with Crippen molar-refractivity contribution in [3.63, 3.8) is 0 Å². The Labute approximate surface area is 194 Å². The number of hydrogen-bond acceptors (Lipinski definition) is 3. The van der Waals surface area contributed by atoms with Gasteiger partial charge in [0.15, 0.2) is 0 Å². The van der Waals surface area contributed by atoms with Crippen molar-refractivity contribution in [1.82, 2.24) is 14.7 Å². The Bertz CT molecular complexity index is 1110. The summed E-state index contributed by atoms with van der Waals surface area (Å²) >= 11 is 0. The molecule has 0 fully saturated rings. The van der Waals surface area contributed by atoms with E-state index in [1.807, 2.05) is 44.2 Å². The zero-order valence-corrected chi connectivity index (χ0v) is 19.9. The van der Waals surface area contributed by atoms with Gasteiger partial charge in [-0.3, -0.25) is 9.59 Å². The van der Waals surface area contributed by atoms with Crippen molar-refractivity contribution in [1.29, 1.82) is 0 Å². The third-order valence-electron chi connectivity index (χ3n) is 5.36. The lowest BCUT2D eigenvalue weighted by molar-refractivity contribution is -0.133. The number of carbonyl (C=O) groups is 2. The van der Waals surface area contributed by atoms with Crippen molar-refractivity contribution in [2.75, 3.05) is 18.4 Å². The maximum atomic E-state index is 13.1. The molecule has 0 saturated heterocycles. The summed E-state index contributed by atoms with van der Waals surface area (Å²) in [7, 11) is 0. The number of anilines is 1. The van der Waals surface area contributed by atoms with E-state index in [0.29, 0.717) is 17.9 Å². The van der Waals surface area contributed by atoms with Crippen LogP contribution in [-0.2, 0) is 21.4 Å². The highest BCUT2D eigenvalue weighted by atomic mass is 19.1. The van der Waals surface area contributed by atoms with Gasteiger partial charge in [-0.1, -0.05) is 50.6 Å². The van der Waals surface area contributed by atoms with Crippen molar-refractivity contribution in [3.8, 4) is 5.69 Å². The first-order chi connectivity index (χ1) is 15.6. The van der Waals surface area contributed by atoms with Gasteiger partial charge >= 0.3 is 0 Å². The molecule has 0 radical (unpaired) electrons. The van der Waals surface area contributed by atoms with Crippen molar-refractivity contribution in [2.24, 2.45) is 0 Å². The Morgan fingerprint density at radius 3 is 2.27 bits per heavy atom. The fourth-order valence-electron chi connectivity index (χ4n) is 3.34. The highest BCUT2D eigenvalue weighted by Crippen LogP contribution is 2.26. The fraction of sp³-hybridized carbons (Fsp3) is 0.346. The molecule has 1 heterocycles. The minimum Gasteiger partial charge on any atom is -0.333 e. The van der Waals surface area contributed by atoms with E-state index >= 15 is 0 Å². The summed E-state index contributed by atoms with van der Waals surface area (Å²) in [6, 6.07) is 15.6. The molecule has 0 bridgehead atoms. The molecule has 7 heteroatoms. The molecule has 6 nitrogen and oxygen atoms in total. The number of aryl methyl sites for hydroxylation is 1.